The molecule has 0 saturated heterocycles. The molecular weight excluding hydrogens is 743 g/mol. The van der Waals surface area contributed by atoms with Crippen LogP contribution in [0.3, 0.4) is 0 Å². The van der Waals surface area contributed by atoms with E-state index >= 15 is 0 Å². The molecule has 14 nitrogen and oxygen atoms in total. The number of ether oxygens (including phenoxy) is 2. The van der Waals surface area contributed by atoms with Crippen molar-refractivity contribution in [1.82, 2.24) is 39.5 Å². The summed E-state index contributed by atoms with van der Waals surface area (Å²) < 4.78 is 15.0. The third-order valence-corrected chi connectivity index (χ3v) is 10.7. The van der Waals surface area contributed by atoms with Crippen LogP contribution in [-0.2, 0) is 30.9 Å². The average molecular weight is 780 g/mol. The first-order valence-electron chi connectivity index (χ1n) is 17.7. The molecule has 0 N–H and O–H groups in total. The van der Waals surface area contributed by atoms with Gasteiger partial charge in [0, 0.05) is 49.6 Å². The number of methoxy groups -OCH3 is 1. The minimum Gasteiger partial charge on any atom is -0.465 e. The molecule has 6 heterocycles. The Balaban J connectivity index is 1.01. The van der Waals surface area contributed by atoms with E-state index in [1.165, 1.54) is 7.11 Å². The molecular formula is C39H36Cl2N10O4. The van der Waals surface area contributed by atoms with Gasteiger partial charge in [-0.25, -0.2) is 14.6 Å². The Bertz CT molecular complexity index is 2510. The molecule has 0 aliphatic carbocycles. The fourth-order valence-corrected chi connectivity index (χ4v) is 7.73. The van der Waals surface area contributed by atoms with Gasteiger partial charge in [-0.15, -0.1) is 20.4 Å². The molecule has 0 bridgehead atoms. The first kappa shape index (κ1) is 36.1. The van der Waals surface area contributed by atoms with Crippen molar-refractivity contribution in [3.8, 4) is 28.7 Å². The van der Waals surface area contributed by atoms with E-state index in [4.69, 9.17) is 32.7 Å². The van der Waals surface area contributed by atoms with Crippen LogP contribution < -0.4 is 14.5 Å². The monoisotopic (exact) mass is 778 g/mol. The van der Waals surface area contributed by atoms with Crippen LogP contribution in [0.5, 0.6) is 5.88 Å². The van der Waals surface area contributed by atoms with E-state index in [2.05, 4.69) is 39.8 Å². The first-order chi connectivity index (χ1) is 26.5. The highest BCUT2D eigenvalue weighted by atomic mass is 35.5. The number of pyridine rings is 2. The predicted octanol–water partition coefficient (Wildman–Crippen LogP) is 6.58. The van der Waals surface area contributed by atoms with Gasteiger partial charge in [0.15, 0.2) is 29.1 Å². The second-order valence-corrected chi connectivity index (χ2v) is 14.4. The topological polar surface area (TPSA) is 146 Å². The van der Waals surface area contributed by atoms with Crippen molar-refractivity contribution in [2.24, 2.45) is 0 Å². The lowest BCUT2D eigenvalue weighted by molar-refractivity contribution is 0.0599. The molecule has 2 aliphatic heterocycles. The predicted molar refractivity (Wildman–Crippen MR) is 207 cm³/mol. The fraction of sp³-hybridized carbons (Fsp3) is 0.282. The zero-order chi connectivity index (χ0) is 38.5. The minimum absolute atomic E-state index is 0.109. The number of halogens is 2. The maximum Gasteiger partial charge on any atom is 0.345 e. The quantitative estimate of drug-likeness (QED) is 0.161. The van der Waals surface area contributed by atoms with E-state index in [1.54, 1.807) is 24.4 Å². The molecule has 6 aromatic rings. The van der Waals surface area contributed by atoms with E-state index in [9.17, 15) is 9.59 Å². The maximum absolute atomic E-state index is 13.8. The normalized spacial score (nSPS) is 13.7. The number of rotatable bonds is 7. The van der Waals surface area contributed by atoms with E-state index in [-0.39, 0.29) is 5.88 Å². The number of carbonyl (C=O) groups excluding carboxylic acids is 2. The number of fused-ring (bicyclic) bond motifs is 2. The van der Waals surface area contributed by atoms with Crippen LogP contribution in [0.25, 0.3) is 22.8 Å². The summed E-state index contributed by atoms with van der Waals surface area (Å²) in [6.07, 6.45) is 1.72. The number of aromatic nitrogens is 8. The highest BCUT2D eigenvalue weighted by molar-refractivity contribution is 6.33. The summed E-state index contributed by atoms with van der Waals surface area (Å²) in [7, 11) is 1.37. The van der Waals surface area contributed by atoms with Crippen molar-refractivity contribution in [2.45, 2.75) is 53.9 Å². The van der Waals surface area contributed by atoms with Gasteiger partial charge >= 0.3 is 11.9 Å². The van der Waals surface area contributed by atoms with Gasteiger partial charge in [0.05, 0.1) is 41.4 Å². The molecule has 0 unspecified atom stereocenters. The van der Waals surface area contributed by atoms with E-state index in [1.807, 2.05) is 67.5 Å². The standard InChI is InChI=1S/C39H36Cl2N10O4/c1-21-15-23(3)27(38(52)54-5)17-25(21)34-46-45-32-20-49(12-14-51(32)34)37-30(41)8-9-33(43-37)55-39(53)28-18-26(22(2)16-24(28)4)35-47-44-31-19-48(11-13-50(31)35)36-29(40)7-6-10-42-36/h6-10,15-18H,11-14,19-20H2,1-5H3. The molecule has 55 heavy (non-hydrogen) atoms. The fourth-order valence-electron chi connectivity index (χ4n) is 7.26. The minimum atomic E-state index is -0.559. The van der Waals surface area contributed by atoms with Crippen LogP contribution in [0, 0.1) is 27.7 Å². The summed E-state index contributed by atoms with van der Waals surface area (Å²) in [4.78, 5) is 39.4. The van der Waals surface area contributed by atoms with Crippen LogP contribution >= 0.6 is 23.2 Å². The first-order valence-corrected chi connectivity index (χ1v) is 18.4. The molecule has 280 valence electrons. The third kappa shape index (κ3) is 6.65. The van der Waals surface area contributed by atoms with Crippen molar-refractivity contribution < 1.29 is 19.1 Å². The number of nitrogens with zero attached hydrogens (tertiary/aromatic N) is 10. The van der Waals surface area contributed by atoms with Gasteiger partial charge in [-0.2, -0.15) is 4.98 Å². The third-order valence-electron chi connectivity index (χ3n) is 10.1. The summed E-state index contributed by atoms with van der Waals surface area (Å²) in [6, 6.07) is 14.4. The van der Waals surface area contributed by atoms with Gasteiger partial charge in [-0.1, -0.05) is 35.3 Å². The van der Waals surface area contributed by atoms with Gasteiger partial charge < -0.3 is 28.4 Å². The van der Waals surface area contributed by atoms with Crippen LogP contribution in [-0.4, -0.2) is 71.6 Å². The van der Waals surface area contributed by atoms with Crippen molar-refractivity contribution >= 4 is 46.8 Å². The van der Waals surface area contributed by atoms with Crippen LogP contribution in [0.15, 0.2) is 54.7 Å². The number of hydrogen-bond acceptors (Lipinski definition) is 12. The molecule has 4 aromatic heterocycles. The summed E-state index contributed by atoms with van der Waals surface area (Å²) in [5.41, 5.74) is 5.95. The Morgan fingerprint density at radius 1 is 0.655 bits per heavy atom. The van der Waals surface area contributed by atoms with Gasteiger partial charge in [0.25, 0.3) is 0 Å². The molecule has 2 aliphatic rings. The number of benzene rings is 2. The summed E-state index contributed by atoms with van der Waals surface area (Å²) in [5.74, 6) is 3.12. The highest BCUT2D eigenvalue weighted by Gasteiger charge is 2.28. The summed E-state index contributed by atoms with van der Waals surface area (Å²) in [6.45, 7) is 10.9. The molecule has 8 rings (SSSR count). The zero-order valence-electron chi connectivity index (χ0n) is 30.8. The Morgan fingerprint density at radius 3 is 1.76 bits per heavy atom. The molecule has 2 aromatic carbocycles. The zero-order valence-corrected chi connectivity index (χ0v) is 32.3. The Kier molecular flexibility index (Phi) is 9.47. The second kappa shape index (κ2) is 14.4. The lowest BCUT2D eigenvalue weighted by atomic mass is 9.99. The molecule has 0 radical (unpaired) electrons. The summed E-state index contributed by atoms with van der Waals surface area (Å²) in [5, 5.41) is 19.0. The smallest absolute Gasteiger partial charge is 0.345 e. The van der Waals surface area contributed by atoms with Gasteiger partial charge in [-0.3, -0.25) is 0 Å². The molecule has 0 atom stereocenters. The van der Waals surface area contributed by atoms with Gasteiger partial charge in [-0.05, 0) is 80.3 Å². The van der Waals surface area contributed by atoms with E-state index < -0.39 is 11.9 Å². The molecule has 16 heteroatoms. The Morgan fingerprint density at radius 2 is 1.20 bits per heavy atom. The highest BCUT2D eigenvalue weighted by Crippen LogP contribution is 2.34. The van der Waals surface area contributed by atoms with Crippen LogP contribution in [0.1, 0.15) is 54.6 Å². The summed E-state index contributed by atoms with van der Waals surface area (Å²) >= 11 is 13.1. The molecule has 0 spiro atoms. The van der Waals surface area contributed by atoms with Gasteiger partial charge in [0.1, 0.15) is 5.82 Å². The number of carbonyl (C=O) groups is 2. The lowest BCUT2D eigenvalue weighted by Crippen LogP contribution is -2.35. The van der Waals surface area contributed by atoms with Crippen molar-refractivity contribution in [3.05, 3.63) is 110 Å². The SMILES string of the molecule is COC(=O)c1cc(-c2nnc3n2CCN(c2nc(OC(=O)c4cc(-c5nnc6n5CCN(c5ncccc5Cl)C6)c(C)cc4C)ccc2Cl)C3)c(C)cc1C. The maximum atomic E-state index is 13.8. The largest absolute Gasteiger partial charge is 0.465 e. The molecule has 0 fully saturated rings. The van der Waals surface area contributed by atoms with Crippen molar-refractivity contribution in [1.29, 1.82) is 0 Å². The van der Waals surface area contributed by atoms with Gasteiger partial charge in [0.2, 0.25) is 5.88 Å². The van der Waals surface area contributed by atoms with E-state index in [0.29, 0.717) is 89.5 Å². The lowest BCUT2D eigenvalue weighted by Gasteiger charge is -2.29. The van der Waals surface area contributed by atoms with Crippen LogP contribution in [0.2, 0.25) is 10.0 Å². The second-order valence-electron chi connectivity index (χ2n) is 13.6. The number of aryl methyl sites for hydroxylation is 4. The molecule has 0 saturated carbocycles. The number of anilines is 2. The van der Waals surface area contributed by atoms with Crippen molar-refractivity contribution in [3.63, 3.8) is 0 Å². The molecule has 0 amide bonds. The van der Waals surface area contributed by atoms with E-state index in [0.717, 1.165) is 39.2 Å². The Hall–Kier alpha value is -5.86. The average Bonchev–Trinajstić information content (AvgIpc) is 3.79. The number of hydrogen-bond donors (Lipinski definition) is 0. The van der Waals surface area contributed by atoms with Crippen LogP contribution in [0.4, 0.5) is 11.6 Å². The number of esters is 2. The van der Waals surface area contributed by atoms with Crippen molar-refractivity contribution in [2.75, 3.05) is 30.0 Å². The Labute approximate surface area is 326 Å².